The van der Waals surface area contributed by atoms with E-state index in [1.165, 1.54) is 5.69 Å². The quantitative estimate of drug-likeness (QED) is 0.797. The molecule has 0 aliphatic carbocycles. The first kappa shape index (κ1) is 11.6. The second-order valence-corrected chi connectivity index (χ2v) is 4.73. The highest BCUT2D eigenvalue weighted by molar-refractivity contribution is 14.1. The fraction of sp³-hybridized carbons (Fsp3) is 0.500. The van der Waals surface area contributed by atoms with Crippen molar-refractivity contribution in [3.05, 3.63) is 26.8 Å². The summed E-state index contributed by atoms with van der Waals surface area (Å²) in [6.07, 6.45) is 1.75. The molecule has 6 heteroatoms. The number of hydrogen-bond acceptors (Lipinski definition) is 3. The second-order valence-electron chi connectivity index (χ2n) is 3.71. The molecule has 2 aromatic heterocycles. The summed E-state index contributed by atoms with van der Waals surface area (Å²) in [5.41, 5.74) is 3.31. The molecule has 0 N–H and O–H groups in total. The molecule has 0 saturated carbocycles. The van der Waals surface area contributed by atoms with Gasteiger partial charge in [0.25, 0.3) is 0 Å². The van der Waals surface area contributed by atoms with Gasteiger partial charge in [-0.3, -0.25) is 4.68 Å². The minimum absolute atomic E-state index is 0.787. The van der Waals surface area contributed by atoms with E-state index in [9.17, 15) is 0 Å². The van der Waals surface area contributed by atoms with Gasteiger partial charge in [-0.25, -0.2) is 0 Å². The van der Waals surface area contributed by atoms with E-state index in [4.69, 9.17) is 0 Å². The topological polar surface area (TPSA) is 48.5 Å². The van der Waals surface area contributed by atoms with Gasteiger partial charge in [0, 0.05) is 26.2 Å². The van der Waals surface area contributed by atoms with Gasteiger partial charge in [0.05, 0.1) is 5.69 Å². The van der Waals surface area contributed by atoms with E-state index in [1.54, 1.807) is 4.80 Å². The maximum Gasteiger partial charge on any atom is 0.147 e. The molecule has 16 heavy (non-hydrogen) atoms. The van der Waals surface area contributed by atoms with Crippen molar-refractivity contribution in [2.45, 2.75) is 19.8 Å². The van der Waals surface area contributed by atoms with Gasteiger partial charge in [-0.05, 0) is 35.1 Å². The fourth-order valence-electron chi connectivity index (χ4n) is 1.61. The molecule has 5 nitrogen and oxygen atoms in total. The van der Waals surface area contributed by atoms with E-state index in [-0.39, 0.29) is 0 Å². The molecule has 0 spiro atoms. The third-order valence-corrected chi connectivity index (χ3v) is 3.31. The van der Waals surface area contributed by atoms with Crippen LogP contribution in [0.5, 0.6) is 0 Å². The molecule has 0 atom stereocenters. The second kappa shape index (κ2) is 4.52. The van der Waals surface area contributed by atoms with Gasteiger partial charge in [-0.15, -0.1) is 5.10 Å². The van der Waals surface area contributed by atoms with Crippen LogP contribution in [0.4, 0.5) is 0 Å². The Balaban J connectivity index is 2.26. The molecular weight excluding hydrogens is 317 g/mol. The minimum atomic E-state index is 0.787. The Morgan fingerprint density at radius 3 is 2.50 bits per heavy atom. The molecule has 2 aromatic rings. The van der Waals surface area contributed by atoms with Crippen molar-refractivity contribution >= 4 is 22.6 Å². The average molecular weight is 331 g/mol. The van der Waals surface area contributed by atoms with Gasteiger partial charge in [0.15, 0.2) is 0 Å². The van der Waals surface area contributed by atoms with Crippen LogP contribution in [0.3, 0.4) is 0 Å². The normalized spacial score (nSPS) is 11.0. The fourth-order valence-corrected chi connectivity index (χ4v) is 2.22. The molecule has 0 aliphatic rings. The van der Waals surface area contributed by atoms with E-state index in [0.717, 1.165) is 27.9 Å². The Hall–Kier alpha value is -0.920. The predicted molar refractivity (Wildman–Crippen MR) is 69.1 cm³/mol. The van der Waals surface area contributed by atoms with Crippen molar-refractivity contribution < 1.29 is 0 Å². The number of halogens is 1. The van der Waals surface area contributed by atoms with Crippen LogP contribution in [0.1, 0.15) is 24.0 Å². The van der Waals surface area contributed by atoms with E-state index >= 15 is 0 Å². The maximum absolute atomic E-state index is 4.42. The Bertz CT molecular complexity index is 499. The average Bonchev–Trinajstić information content (AvgIpc) is 2.72. The highest BCUT2D eigenvalue weighted by Gasteiger charge is 2.11. The van der Waals surface area contributed by atoms with Gasteiger partial charge in [0.1, 0.15) is 9.39 Å². The Labute approximate surface area is 108 Å². The molecule has 0 unspecified atom stereocenters. The summed E-state index contributed by atoms with van der Waals surface area (Å²) in [6, 6.07) is 2.13. The van der Waals surface area contributed by atoms with Crippen LogP contribution in [-0.4, -0.2) is 24.8 Å². The van der Waals surface area contributed by atoms with Crippen LogP contribution in [0.25, 0.3) is 0 Å². The Morgan fingerprint density at radius 2 is 2.00 bits per heavy atom. The molecule has 2 heterocycles. The van der Waals surface area contributed by atoms with E-state index < -0.39 is 0 Å². The SMILES string of the molecule is CCc1cc(Cc2nn(C)nc2I)n(C)n1. The molecule has 0 fully saturated rings. The summed E-state index contributed by atoms with van der Waals surface area (Å²) < 4.78 is 2.88. The Kier molecular flexibility index (Phi) is 3.27. The first-order valence-electron chi connectivity index (χ1n) is 5.17. The number of aryl methyl sites for hydroxylation is 3. The lowest BCUT2D eigenvalue weighted by Gasteiger charge is -1.97. The molecule has 0 aliphatic heterocycles. The standard InChI is InChI=1S/C10H14IN5/c1-4-7-5-8(15(2)12-7)6-9-10(11)14-16(3)13-9/h5H,4,6H2,1-3H3. The molecular formula is C10H14IN5. The molecule has 0 aromatic carbocycles. The van der Waals surface area contributed by atoms with Gasteiger partial charge >= 0.3 is 0 Å². The van der Waals surface area contributed by atoms with Crippen LogP contribution < -0.4 is 0 Å². The van der Waals surface area contributed by atoms with Crippen LogP contribution in [0, 0.1) is 3.70 Å². The van der Waals surface area contributed by atoms with Crippen LogP contribution in [0.15, 0.2) is 6.07 Å². The molecule has 0 radical (unpaired) electrons. The van der Waals surface area contributed by atoms with Crippen molar-refractivity contribution in [3.63, 3.8) is 0 Å². The van der Waals surface area contributed by atoms with Crippen molar-refractivity contribution in [3.8, 4) is 0 Å². The zero-order valence-corrected chi connectivity index (χ0v) is 11.8. The van der Waals surface area contributed by atoms with Gasteiger partial charge < -0.3 is 0 Å². The van der Waals surface area contributed by atoms with E-state index in [1.807, 2.05) is 18.8 Å². The first-order chi connectivity index (χ1) is 7.60. The maximum atomic E-state index is 4.42. The van der Waals surface area contributed by atoms with Crippen LogP contribution in [-0.2, 0) is 26.9 Å². The summed E-state index contributed by atoms with van der Waals surface area (Å²) in [4.78, 5) is 1.61. The summed E-state index contributed by atoms with van der Waals surface area (Å²) in [5, 5.41) is 13.0. The van der Waals surface area contributed by atoms with Crippen molar-refractivity contribution in [1.82, 2.24) is 24.8 Å². The van der Waals surface area contributed by atoms with Crippen molar-refractivity contribution in [2.24, 2.45) is 14.1 Å². The van der Waals surface area contributed by atoms with Crippen molar-refractivity contribution in [2.75, 3.05) is 0 Å². The summed E-state index contributed by atoms with van der Waals surface area (Å²) in [6.45, 7) is 2.11. The summed E-state index contributed by atoms with van der Waals surface area (Å²) in [5.74, 6) is 0. The molecule has 0 saturated heterocycles. The lowest BCUT2D eigenvalue weighted by Crippen LogP contribution is -2.01. The Morgan fingerprint density at radius 1 is 1.25 bits per heavy atom. The lowest BCUT2D eigenvalue weighted by molar-refractivity contribution is 0.641. The largest absolute Gasteiger partial charge is 0.272 e. The van der Waals surface area contributed by atoms with E-state index in [2.05, 4.69) is 50.9 Å². The van der Waals surface area contributed by atoms with Gasteiger partial charge in [-0.2, -0.15) is 15.0 Å². The molecule has 2 rings (SSSR count). The number of nitrogens with zero attached hydrogens (tertiary/aromatic N) is 5. The molecule has 0 amide bonds. The third-order valence-electron chi connectivity index (χ3n) is 2.47. The van der Waals surface area contributed by atoms with Crippen LogP contribution >= 0.6 is 22.6 Å². The first-order valence-corrected chi connectivity index (χ1v) is 6.25. The smallest absolute Gasteiger partial charge is 0.147 e. The third kappa shape index (κ3) is 2.26. The zero-order valence-electron chi connectivity index (χ0n) is 9.61. The van der Waals surface area contributed by atoms with E-state index in [0.29, 0.717) is 0 Å². The highest BCUT2D eigenvalue weighted by Crippen LogP contribution is 2.13. The summed E-state index contributed by atoms with van der Waals surface area (Å²) in [7, 11) is 3.81. The van der Waals surface area contributed by atoms with Crippen molar-refractivity contribution in [1.29, 1.82) is 0 Å². The lowest BCUT2D eigenvalue weighted by atomic mass is 10.2. The number of hydrogen-bond donors (Lipinski definition) is 0. The zero-order chi connectivity index (χ0) is 11.7. The van der Waals surface area contributed by atoms with Crippen LogP contribution in [0.2, 0.25) is 0 Å². The molecule has 0 bridgehead atoms. The summed E-state index contributed by atoms with van der Waals surface area (Å²) >= 11 is 2.21. The van der Waals surface area contributed by atoms with Gasteiger partial charge in [0.2, 0.25) is 0 Å². The molecule has 86 valence electrons. The monoisotopic (exact) mass is 331 g/mol. The van der Waals surface area contributed by atoms with Gasteiger partial charge in [-0.1, -0.05) is 6.92 Å². The number of aromatic nitrogens is 5. The minimum Gasteiger partial charge on any atom is -0.272 e. The predicted octanol–water partition coefficient (Wildman–Crippen LogP) is 1.31. The number of rotatable bonds is 3. The highest BCUT2D eigenvalue weighted by atomic mass is 127.